The van der Waals surface area contributed by atoms with E-state index in [9.17, 15) is 8.42 Å². The Labute approximate surface area is 205 Å². The van der Waals surface area contributed by atoms with Gasteiger partial charge in [-0.05, 0) is 30.7 Å². The lowest BCUT2D eigenvalue weighted by Gasteiger charge is -2.33. The predicted molar refractivity (Wildman–Crippen MR) is 139 cm³/mol. The molecule has 3 aromatic rings. The highest BCUT2D eigenvalue weighted by Gasteiger charge is 2.23. The first-order valence-corrected chi connectivity index (χ1v) is 13.8. The van der Waals surface area contributed by atoms with E-state index in [4.69, 9.17) is 15.5 Å². The van der Waals surface area contributed by atoms with Gasteiger partial charge in [-0.25, -0.2) is 13.4 Å². The molecule has 2 aromatic heterocycles. The van der Waals surface area contributed by atoms with E-state index in [0.717, 1.165) is 68.6 Å². The van der Waals surface area contributed by atoms with Crippen LogP contribution in [0.4, 0.5) is 11.5 Å². The number of hydrogen-bond acceptors (Lipinski definition) is 9. The minimum Gasteiger partial charge on any atom is -0.399 e. The highest BCUT2D eigenvalue weighted by molar-refractivity contribution is 7.72. The van der Waals surface area contributed by atoms with Crippen LogP contribution in [0.15, 0.2) is 30.3 Å². The second-order valence-corrected chi connectivity index (χ2v) is 11.0. The van der Waals surface area contributed by atoms with Gasteiger partial charge in [0.25, 0.3) is 0 Å². The molecule has 2 saturated heterocycles. The molecule has 2 aliphatic heterocycles. The Hall–Kier alpha value is -2.24. The van der Waals surface area contributed by atoms with Gasteiger partial charge in [0.05, 0.1) is 29.5 Å². The highest BCUT2D eigenvalue weighted by atomic mass is 32.2. The third-order valence-electron chi connectivity index (χ3n) is 6.64. The summed E-state index contributed by atoms with van der Waals surface area (Å²) in [6.45, 7) is 9.49. The van der Waals surface area contributed by atoms with Crippen molar-refractivity contribution in [2.75, 3.05) is 69.0 Å². The number of thiol groups is 1. The fraction of sp³-hybridized carbons (Fsp3) is 0.458. The summed E-state index contributed by atoms with van der Waals surface area (Å²) in [5, 5.41) is 1.25. The number of pyridine rings is 1. The van der Waals surface area contributed by atoms with Crippen molar-refractivity contribution in [1.29, 1.82) is 0 Å². The Bertz CT molecular complexity index is 1240. The van der Waals surface area contributed by atoms with Gasteiger partial charge >= 0.3 is 0 Å². The van der Waals surface area contributed by atoms with Crippen LogP contribution < -0.4 is 10.6 Å². The molecule has 0 spiro atoms. The molecule has 1 aromatic carbocycles. The molecule has 0 saturated carbocycles. The van der Waals surface area contributed by atoms with Crippen LogP contribution >= 0.6 is 11.3 Å². The molecule has 0 aliphatic carbocycles. The fourth-order valence-corrected chi connectivity index (χ4v) is 6.64. The molecule has 0 radical (unpaired) electrons. The van der Waals surface area contributed by atoms with Crippen molar-refractivity contribution in [3.05, 3.63) is 40.8 Å². The maximum absolute atomic E-state index is 11.1. The first-order chi connectivity index (χ1) is 16.5. The molecular formula is C24H31N5O3S2. The van der Waals surface area contributed by atoms with Crippen LogP contribution in [0, 0.1) is 6.92 Å². The maximum Gasteiger partial charge on any atom is 0.153 e. The van der Waals surface area contributed by atoms with Crippen molar-refractivity contribution < 1.29 is 13.2 Å². The minimum atomic E-state index is -2.36. The summed E-state index contributed by atoms with van der Waals surface area (Å²) in [5.41, 5.74) is 10.1. The smallest absolute Gasteiger partial charge is 0.153 e. The molecule has 0 unspecified atom stereocenters. The van der Waals surface area contributed by atoms with Crippen LogP contribution in [0.2, 0.25) is 0 Å². The van der Waals surface area contributed by atoms with E-state index in [1.165, 1.54) is 20.5 Å². The van der Waals surface area contributed by atoms with Crippen LogP contribution in [0.5, 0.6) is 0 Å². The molecule has 2 fully saturated rings. The Morgan fingerprint density at radius 1 is 1.06 bits per heavy atom. The van der Waals surface area contributed by atoms with Gasteiger partial charge in [-0.1, -0.05) is 12.1 Å². The number of rotatable bonds is 6. The number of benzene rings is 1. The fourth-order valence-electron chi connectivity index (χ4n) is 4.69. The molecule has 34 heavy (non-hydrogen) atoms. The van der Waals surface area contributed by atoms with E-state index < -0.39 is 10.7 Å². The van der Waals surface area contributed by atoms with Gasteiger partial charge in [0.1, 0.15) is 5.82 Å². The zero-order chi connectivity index (χ0) is 23.7. The van der Waals surface area contributed by atoms with E-state index in [1.54, 1.807) is 0 Å². The lowest BCUT2D eigenvalue weighted by atomic mass is 10.1. The first-order valence-electron chi connectivity index (χ1n) is 11.7. The molecule has 182 valence electrons. The van der Waals surface area contributed by atoms with Gasteiger partial charge in [0.2, 0.25) is 0 Å². The second-order valence-electron chi connectivity index (χ2n) is 8.95. The minimum absolute atomic E-state index is 0.159. The van der Waals surface area contributed by atoms with Gasteiger partial charge in [-0.3, -0.25) is 9.80 Å². The van der Waals surface area contributed by atoms with Gasteiger partial charge in [0, 0.05) is 67.3 Å². The lowest BCUT2D eigenvalue weighted by Crippen LogP contribution is -2.46. The van der Waals surface area contributed by atoms with Crippen LogP contribution in [-0.4, -0.2) is 81.6 Å². The number of aromatic nitrogens is 1. The number of nitrogens with two attached hydrogens (primary N) is 1. The summed E-state index contributed by atoms with van der Waals surface area (Å²) in [4.78, 5) is 13.2. The quantitative estimate of drug-likeness (QED) is 0.393. The van der Waals surface area contributed by atoms with Crippen molar-refractivity contribution in [3.63, 3.8) is 0 Å². The van der Waals surface area contributed by atoms with E-state index in [1.807, 2.05) is 34.4 Å². The van der Waals surface area contributed by atoms with Crippen molar-refractivity contribution in [3.8, 4) is 11.3 Å². The summed E-state index contributed by atoms with van der Waals surface area (Å²) < 4.78 is 28.9. The van der Waals surface area contributed by atoms with E-state index in [0.29, 0.717) is 13.2 Å². The maximum atomic E-state index is 11.1. The third-order valence-corrected chi connectivity index (χ3v) is 8.56. The molecule has 0 atom stereocenters. The van der Waals surface area contributed by atoms with Crippen LogP contribution in [0.25, 0.3) is 21.3 Å². The van der Waals surface area contributed by atoms with Gasteiger partial charge in [-0.2, -0.15) is 0 Å². The molecule has 4 heterocycles. The summed E-state index contributed by atoms with van der Waals surface area (Å²) in [6, 6.07) is 10.1. The summed E-state index contributed by atoms with van der Waals surface area (Å²) in [6.07, 6.45) is 0. The van der Waals surface area contributed by atoms with Gasteiger partial charge in [-0.15, -0.1) is 11.3 Å². The van der Waals surface area contributed by atoms with Crippen molar-refractivity contribution in [2.24, 2.45) is 0 Å². The van der Waals surface area contributed by atoms with Crippen LogP contribution in [0.3, 0.4) is 0 Å². The largest absolute Gasteiger partial charge is 0.399 e. The molecule has 10 heteroatoms. The van der Waals surface area contributed by atoms with E-state index in [-0.39, 0.29) is 5.88 Å². The van der Waals surface area contributed by atoms with Crippen molar-refractivity contribution in [2.45, 2.75) is 13.5 Å². The topological polar surface area (TPSA) is 92.0 Å². The molecule has 0 amide bonds. The normalized spacial score (nSPS) is 18.2. The number of morpholine rings is 1. The molecule has 0 bridgehead atoms. The van der Waals surface area contributed by atoms with Gasteiger partial charge in [0.15, 0.2) is 10.7 Å². The predicted octanol–water partition coefficient (Wildman–Crippen LogP) is 2.38. The van der Waals surface area contributed by atoms with E-state index >= 15 is 0 Å². The number of aryl methyl sites for hydroxylation is 1. The van der Waals surface area contributed by atoms with E-state index in [2.05, 4.69) is 28.9 Å². The number of fused-ring (bicyclic) bond motifs is 1. The number of anilines is 2. The third kappa shape index (κ3) is 5.06. The number of nitrogen functional groups attached to an aromatic ring is 1. The molecule has 8 nitrogen and oxygen atoms in total. The van der Waals surface area contributed by atoms with Crippen LogP contribution in [-0.2, 0) is 22.0 Å². The summed E-state index contributed by atoms with van der Waals surface area (Å²) in [5.74, 6) is 1.19. The Morgan fingerprint density at radius 2 is 1.79 bits per heavy atom. The van der Waals surface area contributed by atoms with Crippen molar-refractivity contribution >= 4 is 43.6 Å². The number of piperazine rings is 1. The molecule has 2 N–H and O–H groups in total. The molecular weight excluding hydrogens is 470 g/mol. The lowest BCUT2D eigenvalue weighted by molar-refractivity contribution is 0.122. The average molecular weight is 502 g/mol. The second kappa shape index (κ2) is 10.2. The number of thiophene rings is 1. The standard InChI is InChI=1S/C24H31N5O3S2/c1-17-20-14-21(18-3-2-4-19(25)13-18)26-24(29-9-11-32-12-10-29)23(20)33-22(17)15-27-5-7-28(8-6-27)16-34(30)31/h2-4,13-14,34H,5-12,15-16,25H2,1H3. The monoisotopic (exact) mass is 501 g/mol. The summed E-state index contributed by atoms with van der Waals surface area (Å²) >= 11 is 1.83. The highest BCUT2D eigenvalue weighted by Crippen LogP contribution is 2.40. The zero-order valence-electron chi connectivity index (χ0n) is 19.4. The summed E-state index contributed by atoms with van der Waals surface area (Å²) in [7, 11) is -2.36. The van der Waals surface area contributed by atoms with Gasteiger partial charge < -0.3 is 15.4 Å². The number of hydrogen-bond donors (Lipinski definition) is 2. The number of nitrogens with zero attached hydrogens (tertiary/aromatic N) is 4. The van der Waals surface area contributed by atoms with Crippen molar-refractivity contribution in [1.82, 2.24) is 14.8 Å². The Balaban J connectivity index is 1.48. The Kier molecular flexibility index (Phi) is 7.03. The Morgan fingerprint density at radius 3 is 2.50 bits per heavy atom. The SMILES string of the molecule is Cc1c(CN2CCN(C[SH](=O)=O)CC2)sc2c(N3CCOCC3)nc(-c3cccc(N)c3)cc12. The first kappa shape index (κ1) is 23.5. The molecule has 5 rings (SSSR count). The molecule has 2 aliphatic rings. The average Bonchev–Trinajstić information content (AvgIpc) is 3.15. The zero-order valence-corrected chi connectivity index (χ0v) is 21.1. The van der Waals surface area contributed by atoms with Crippen LogP contribution in [0.1, 0.15) is 10.4 Å². The number of ether oxygens (including phenoxy) is 1.